The van der Waals surface area contributed by atoms with Gasteiger partial charge in [-0.2, -0.15) is 0 Å². The zero-order valence-electron chi connectivity index (χ0n) is 24.8. The van der Waals surface area contributed by atoms with E-state index in [2.05, 4.69) is 17.2 Å². The Bertz CT molecular complexity index is 1470. The van der Waals surface area contributed by atoms with Crippen LogP contribution in [0.4, 0.5) is 9.59 Å². The van der Waals surface area contributed by atoms with Crippen LogP contribution in [0.1, 0.15) is 11.1 Å². The SMILES string of the molecule is C=CCN(C(=O)NC)N1CCN(Cc2cccc3ccccc23)C(=O)[C@H](Cc2ccc(OC(=O)N(C)C)cc2)NC(=O)C1. The number of benzene rings is 3. The summed E-state index contributed by atoms with van der Waals surface area (Å²) in [6, 6.07) is 19.6. The van der Waals surface area contributed by atoms with Crippen LogP contribution in [0.2, 0.25) is 0 Å². The Morgan fingerprint density at radius 2 is 1.77 bits per heavy atom. The van der Waals surface area contributed by atoms with Crippen molar-refractivity contribution in [3.05, 3.63) is 90.5 Å². The summed E-state index contributed by atoms with van der Waals surface area (Å²) in [5.41, 5.74) is 1.76. The second-order valence-corrected chi connectivity index (χ2v) is 10.4. The summed E-state index contributed by atoms with van der Waals surface area (Å²) >= 11 is 0. The van der Waals surface area contributed by atoms with Gasteiger partial charge in [-0.25, -0.2) is 14.6 Å². The molecular formula is C32H38N6O5. The van der Waals surface area contributed by atoms with Gasteiger partial charge >= 0.3 is 12.1 Å². The van der Waals surface area contributed by atoms with Crippen molar-refractivity contribution < 1.29 is 23.9 Å². The average Bonchev–Trinajstić information content (AvgIpc) is 3.05. The molecule has 4 rings (SSSR count). The van der Waals surface area contributed by atoms with E-state index in [1.807, 2.05) is 42.5 Å². The Labute approximate surface area is 251 Å². The molecule has 3 aromatic carbocycles. The maximum atomic E-state index is 14.1. The summed E-state index contributed by atoms with van der Waals surface area (Å²) in [6.45, 7) is 4.67. The number of hydrazine groups is 1. The molecule has 1 aliphatic rings. The first kappa shape index (κ1) is 31.0. The Morgan fingerprint density at radius 1 is 1.05 bits per heavy atom. The number of carbonyl (C=O) groups excluding carboxylic acids is 4. The number of nitrogens with one attached hydrogen (secondary N) is 2. The van der Waals surface area contributed by atoms with Crippen LogP contribution >= 0.6 is 0 Å². The van der Waals surface area contributed by atoms with E-state index in [9.17, 15) is 19.2 Å². The first-order valence-corrected chi connectivity index (χ1v) is 14.1. The predicted octanol–water partition coefficient (Wildman–Crippen LogP) is 3.01. The third-order valence-corrected chi connectivity index (χ3v) is 7.17. The molecule has 226 valence electrons. The molecule has 0 unspecified atom stereocenters. The standard InChI is InChI=1S/C32H38N6O5/c1-5-17-38(31(41)33-2)37-19-18-36(21-25-11-8-10-24-9-6-7-12-27(24)25)30(40)28(34-29(39)22-37)20-23-13-15-26(16-14-23)43-32(42)35(3)4/h5-16,28H,1,17-22H2,2-4H3,(H,33,41)(H,34,39)/t28-/m0/s1. The number of urea groups is 1. The smallest absolute Gasteiger partial charge is 0.410 e. The van der Waals surface area contributed by atoms with Crippen LogP contribution in [0, 0.1) is 0 Å². The van der Waals surface area contributed by atoms with Gasteiger partial charge in [0.2, 0.25) is 11.8 Å². The van der Waals surface area contributed by atoms with Crippen molar-refractivity contribution in [2.45, 2.75) is 19.0 Å². The number of hydrogen-bond acceptors (Lipinski definition) is 6. The first-order valence-electron chi connectivity index (χ1n) is 14.1. The predicted molar refractivity (Wildman–Crippen MR) is 164 cm³/mol. The maximum Gasteiger partial charge on any atom is 0.414 e. The zero-order valence-corrected chi connectivity index (χ0v) is 24.8. The molecule has 1 aliphatic heterocycles. The largest absolute Gasteiger partial charge is 0.414 e. The second-order valence-electron chi connectivity index (χ2n) is 10.4. The van der Waals surface area contributed by atoms with Crippen LogP contribution in [0.15, 0.2) is 79.4 Å². The van der Waals surface area contributed by atoms with Gasteiger partial charge in [0.25, 0.3) is 0 Å². The lowest BCUT2D eigenvalue weighted by Crippen LogP contribution is -2.54. The summed E-state index contributed by atoms with van der Waals surface area (Å²) in [7, 11) is 4.71. The highest BCUT2D eigenvalue weighted by atomic mass is 16.6. The molecule has 0 aromatic heterocycles. The van der Waals surface area contributed by atoms with E-state index in [-0.39, 0.29) is 50.4 Å². The second kappa shape index (κ2) is 14.3. The van der Waals surface area contributed by atoms with E-state index in [1.54, 1.807) is 54.3 Å². The molecule has 0 saturated carbocycles. The van der Waals surface area contributed by atoms with Gasteiger partial charge in [0.1, 0.15) is 11.8 Å². The van der Waals surface area contributed by atoms with Crippen molar-refractivity contribution >= 4 is 34.7 Å². The van der Waals surface area contributed by atoms with Crippen molar-refractivity contribution in [1.29, 1.82) is 0 Å². The maximum absolute atomic E-state index is 14.1. The minimum absolute atomic E-state index is 0.118. The number of nitrogens with zero attached hydrogens (tertiary/aromatic N) is 4. The number of carbonyl (C=O) groups is 4. The lowest BCUT2D eigenvalue weighted by Gasteiger charge is -2.34. The number of rotatable bonds is 8. The van der Waals surface area contributed by atoms with Gasteiger partial charge in [0.15, 0.2) is 0 Å². The van der Waals surface area contributed by atoms with Crippen molar-refractivity contribution in [1.82, 2.24) is 30.5 Å². The molecule has 0 radical (unpaired) electrons. The summed E-state index contributed by atoms with van der Waals surface area (Å²) in [4.78, 5) is 55.1. The van der Waals surface area contributed by atoms with Gasteiger partial charge in [-0.15, -0.1) is 6.58 Å². The highest BCUT2D eigenvalue weighted by molar-refractivity contribution is 5.90. The Hall–Kier alpha value is -4.90. The molecule has 11 heteroatoms. The van der Waals surface area contributed by atoms with Crippen molar-refractivity contribution in [2.75, 3.05) is 47.3 Å². The molecule has 1 heterocycles. The summed E-state index contributed by atoms with van der Waals surface area (Å²) in [6.07, 6.45) is 1.31. The van der Waals surface area contributed by atoms with Crippen molar-refractivity contribution in [2.24, 2.45) is 0 Å². The van der Waals surface area contributed by atoms with Crippen LogP contribution in [-0.2, 0) is 22.6 Å². The van der Waals surface area contributed by atoms with E-state index < -0.39 is 12.1 Å². The highest BCUT2D eigenvalue weighted by Crippen LogP contribution is 2.22. The summed E-state index contributed by atoms with van der Waals surface area (Å²) in [5.74, 6) is -0.252. The molecule has 2 N–H and O–H groups in total. The number of hydrogen-bond donors (Lipinski definition) is 2. The Balaban J connectivity index is 1.64. The topological polar surface area (TPSA) is 115 Å². The Kier molecular flexibility index (Phi) is 10.3. The van der Waals surface area contributed by atoms with Crippen LogP contribution in [-0.4, -0.2) is 97.1 Å². The van der Waals surface area contributed by atoms with Gasteiger partial charge < -0.3 is 25.2 Å². The minimum atomic E-state index is -0.856. The average molecular weight is 587 g/mol. The van der Waals surface area contributed by atoms with E-state index >= 15 is 0 Å². The molecule has 1 saturated heterocycles. The minimum Gasteiger partial charge on any atom is -0.410 e. The van der Waals surface area contributed by atoms with Crippen molar-refractivity contribution in [3.63, 3.8) is 0 Å². The number of amides is 5. The third-order valence-electron chi connectivity index (χ3n) is 7.17. The van der Waals surface area contributed by atoms with Crippen LogP contribution in [0.5, 0.6) is 5.75 Å². The van der Waals surface area contributed by atoms with Crippen LogP contribution in [0.25, 0.3) is 10.8 Å². The number of fused-ring (bicyclic) bond motifs is 1. The quantitative estimate of drug-likeness (QED) is 0.393. The van der Waals surface area contributed by atoms with Crippen LogP contribution < -0.4 is 15.4 Å². The zero-order chi connectivity index (χ0) is 30.9. The van der Waals surface area contributed by atoms with E-state index in [4.69, 9.17) is 4.74 Å². The first-order chi connectivity index (χ1) is 20.7. The monoisotopic (exact) mass is 586 g/mol. The van der Waals surface area contributed by atoms with E-state index in [0.29, 0.717) is 12.3 Å². The van der Waals surface area contributed by atoms with Gasteiger partial charge in [-0.1, -0.05) is 60.7 Å². The van der Waals surface area contributed by atoms with Crippen LogP contribution in [0.3, 0.4) is 0 Å². The molecule has 0 spiro atoms. The summed E-state index contributed by atoms with van der Waals surface area (Å²) in [5, 5.41) is 10.7. The lowest BCUT2D eigenvalue weighted by atomic mass is 10.0. The number of ether oxygens (including phenoxy) is 1. The van der Waals surface area contributed by atoms with E-state index in [1.165, 1.54) is 17.0 Å². The summed E-state index contributed by atoms with van der Waals surface area (Å²) < 4.78 is 5.31. The molecule has 1 fully saturated rings. The molecule has 43 heavy (non-hydrogen) atoms. The molecule has 5 amide bonds. The lowest BCUT2D eigenvalue weighted by molar-refractivity contribution is -0.136. The highest BCUT2D eigenvalue weighted by Gasteiger charge is 2.32. The molecule has 11 nitrogen and oxygen atoms in total. The van der Waals surface area contributed by atoms with Gasteiger partial charge in [-0.05, 0) is 34.0 Å². The van der Waals surface area contributed by atoms with Gasteiger partial charge in [0.05, 0.1) is 13.1 Å². The fraction of sp³-hybridized carbons (Fsp3) is 0.312. The van der Waals surface area contributed by atoms with E-state index in [0.717, 1.165) is 21.9 Å². The molecule has 3 aromatic rings. The van der Waals surface area contributed by atoms with Gasteiger partial charge in [0, 0.05) is 47.2 Å². The Morgan fingerprint density at radius 3 is 2.47 bits per heavy atom. The third kappa shape index (κ3) is 7.89. The normalized spacial score (nSPS) is 16.0. The fourth-order valence-corrected chi connectivity index (χ4v) is 4.95. The molecule has 1 atom stereocenters. The molecular weight excluding hydrogens is 548 g/mol. The fourth-order valence-electron chi connectivity index (χ4n) is 4.95. The van der Waals surface area contributed by atoms with Gasteiger partial charge in [-0.3, -0.25) is 14.6 Å². The molecule has 0 aliphatic carbocycles. The molecule has 0 bridgehead atoms. The van der Waals surface area contributed by atoms with Crippen molar-refractivity contribution in [3.8, 4) is 5.75 Å².